The number of anilines is 1. The van der Waals surface area contributed by atoms with Gasteiger partial charge in [0.15, 0.2) is 5.71 Å². The van der Waals surface area contributed by atoms with E-state index in [0.717, 1.165) is 56.8 Å². The number of aromatic nitrogens is 2. The molecule has 1 saturated heterocycles. The molecule has 0 aliphatic carbocycles. The number of likely N-dealkylation sites (N-methyl/N-ethyl adjacent to an activating group) is 1. The van der Waals surface area contributed by atoms with Gasteiger partial charge in [0, 0.05) is 90.3 Å². The largest absolute Gasteiger partial charge is 0.748 e. The van der Waals surface area contributed by atoms with Crippen molar-refractivity contribution in [2.45, 2.75) is 122 Å². The number of aliphatic hydroxyl groups excluding tert-OH is 1. The summed E-state index contributed by atoms with van der Waals surface area (Å²) in [5.41, 5.74) is 3.01. The van der Waals surface area contributed by atoms with Crippen LogP contribution in [-0.2, 0) is 62.0 Å². The van der Waals surface area contributed by atoms with Gasteiger partial charge in [0.2, 0.25) is 11.6 Å². The molecule has 0 saturated carbocycles. The number of aliphatic hydroxyl groups is 1. The fraction of sp³-hybridized carbons (Fsp3) is 0.444. The molecule has 0 spiro atoms. The minimum absolute atomic E-state index is 0.0232. The van der Waals surface area contributed by atoms with Crippen molar-refractivity contribution in [3.05, 3.63) is 134 Å². The molecule has 5 heterocycles. The van der Waals surface area contributed by atoms with Crippen LogP contribution >= 0.6 is 23.5 Å². The monoisotopic (exact) mass is 1300 g/mol. The molecule has 27 nitrogen and oxygen atoms in total. The zero-order valence-electron chi connectivity index (χ0n) is 48.2. The number of ether oxygens (including phenoxy) is 2. The first-order valence-electron chi connectivity index (χ1n) is 26.9. The molecule has 3 unspecified atom stereocenters. The predicted octanol–water partition coefficient (Wildman–Crippen LogP) is 6.61. The van der Waals surface area contributed by atoms with Crippen molar-refractivity contribution in [3.63, 3.8) is 0 Å². The van der Waals surface area contributed by atoms with Gasteiger partial charge in [0.1, 0.15) is 30.4 Å². The summed E-state index contributed by atoms with van der Waals surface area (Å²) in [6.07, 6.45) is 12.8. The van der Waals surface area contributed by atoms with Gasteiger partial charge in [-0.1, -0.05) is 63.3 Å². The van der Waals surface area contributed by atoms with Crippen molar-refractivity contribution in [2.75, 3.05) is 36.9 Å². The Kier molecular flexibility index (Phi) is 20.4. The molecule has 4 aliphatic heterocycles. The average Bonchev–Trinajstić information content (AvgIpc) is 1.80. The number of carbonyl (C=O) groups is 1. The lowest BCUT2D eigenvalue weighted by Crippen LogP contribution is -2.45. The molecule has 0 radical (unpaired) electrons. The van der Waals surface area contributed by atoms with Gasteiger partial charge >= 0.3 is 29.2 Å². The van der Waals surface area contributed by atoms with E-state index in [-0.39, 0.29) is 61.7 Å². The predicted molar refractivity (Wildman–Crippen MR) is 316 cm³/mol. The average molecular weight is 1300 g/mol. The minimum atomic E-state index is -5.84. The second kappa shape index (κ2) is 25.9. The number of benzene rings is 2. The highest BCUT2D eigenvalue weighted by molar-refractivity contribution is 7.86. The zero-order chi connectivity index (χ0) is 63.8. The number of hydrogen-bond donors (Lipinski definition) is 8. The van der Waals surface area contributed by atoms with E-state index in [0.29, 0.717) is 17.0 Å². The Labute approximate surface area is 496 Å². The van der Waals surface area contributed by atoms with Crippen LogP contribution in [0.25, 0.3) is 17.2 Å². The number of fused-ring (bicyclic) bond motifs is 3. The third-order valence-corrected chi connectivity index (χ3v) is 20.1. The molecule has 1 amide bonds. The molecule has 2 aromatic carbocycles. The van der Waals surface area contributed by atoms with Crippen molar-refractivity contribution in [1.82, 2.24) is 14.9 Å². The van der Waals surface area contributed by atoms with E-state index in [4.69, 9.17) is 19.3 Å². The van der Waals surface area contributed by atoms with E-state index in [2.05, 4.69) is 95.0 Å². The Morgan fingerprint density at radius 1 is 0.977 bits per heavy atom. The summed E-state index contributed by atoms with van der Waals surface area (Å²) in [5.74, 6) is 0.359. The molecule has 32 heteroatoms. The van der Waals surface area contributed by atoms with Crippen molar-refractivity contribution in [1.29, 1.82) is 0 Å². The van der Waals surface area contributed by atoms with Crippen LogP contribution < -0.4 is 26.2 Å². The van der Waals surface area contributed by atoms with E-state index in [1.54, 1.807) is 22.8 Å². The minimum Gasteiger partial charge on any atom is -0.748 e. The number of rotatable bonds is 24. The Morgan fingerprint density at radius 2 is 1.69 bits per heavy atom. The highest BCUT2D eigenvalue weighted by Crippen LogP contribution is 2.66. The van der Waals surface area contributed by atoms with E-state index in [1.807, 2.05) is 25.2 Å². The second-order valence-electron chi connectivity index (χ2n) is 22.6. The molecule has 0 bridgehead atoms. The first-order chi connectivity index (χ1) is 39.7. The summed E-state index contributed by atoms with van der Waals surface area (Å²) in [5, 5.41) is 13.3. The maximum Gasteiger partial charge on any atom is 0.490 e. The maximum absolute atomic E-state index is 13.4. The van der Waals surface area contributed by atoms with E-state index in [9.17, 15) is 68.9 Å². The molecule has 7 rings (SSSR count). The van der Waals surface area contributed by atoms with E-state index < -0.39 is 102 Å². The van der Waals surface area contributed by atoms with Crippen LogP contribution in [0.1, 0.15) is 116 Å². The Hall–Kier alpha value is -5.55. The molecule has 1 aromatic heterocycles. The lowest BCUT2D eigenvalue weighted by atomic mass is 9.75. The van der Waals surface area contributed by atoms with Gasteiger partial charge in [-0.3, -0.25) is 28.2 Å². The highest BCUT2D eigenvalue weighted by Gasteiger charge is 2.48. The lowest BCUT2D eigenvalue weighted by molar-refractivity contribution is -0.437. The van der Waals surface area contributed by atoms with Crippen LogP contribution in [0.5, 0.6) is 5.75 Å². The summed E-state index contributed by atoms with van der Waals surface area (Å²) in [4.78, 5) is 79.7. The fourth-order valence-corrected chi connectivity index (χ4v) is 14.7. The van der Waals surface area contributed by atoms with Crippen LogP contribution in [-0.4, -0.2) is 126 Å². The van der Waals surface area contributed by atoms with Gasteiger partial charge in [-0.05, 0) is 82.9 Å². The van der Waals surface area contributed by atoms with E-state index in [1.165, 1.54) is 30.4 Å². The summed E-state index contributed by atoms with van der Waals surface area (Å²) in [6.45, 7) is 16.3. The first kappa shape index (κ1) is 67.9. The number of carbonyl (C=O) groups excluding carboxylic acids is 1. The van der Waals surface area contributed by atoms with Gasteiger partial charge in [0.05, 0.1) is 44.2 Å². The first-order valence-corrected chi connectivity index (χ1v) is 34.5. The van der Waals surface area contributed by atoms with Gasteiger partial charge in [-0.15, -0.1) is 0 Å². The number of amides is 1. The van der Waals surface area contributed by atoms with Crippen LogP contribution in [0, 0.1) is 5.41 Å². The Bertz CT molecular complexity index is 3910. The van der Waals surface area contributed by atoms with Crippen LogP contribution in [0.2, 0.25) is 0 Å². The SMILES string of the molecule is CCN1c2cc3c(cc2C(C)=CC1(C)C)C(=CC=CC=CC1=[N+](CCCS(=O)(=O)[O-])c2ccc(S(=O)(=O)O)cc2C1(C)CCCC(=O)NC/C=C/c1cn([C@H]2C[C@H](O)[C@@H](COP(=O)(O)OP(=O)(O)OP(=O)(O)O)O2)c(=O)[nH]c1=O)C=C(C(C)(C)C)O3. The zero-order valence-corrected chi connectivity index (χ0v) is 52.5. The molecule has 4 aliphatic rings. The quantitative estimate of drug-likeness (QED) is 0.0202. The molecular formula is C54H70N5O22P3S2. The molecule has 470 valence electrons. The third kappa shape index (κ3) is 16.8. The number of phosphoric ester groups is 1. The van der Waals surface area contributed by atoms with Gasteiger partial charge in [-0.25, -0.2) is 26.9 Å². The number of H-pyrrole nitrogens is 1. The number of nitrogens with zero attached hydrogens (tertiary/aromatic N) is 3. The van der Waals surface area contributed by atoms with Crippen LogP contribution in [0.4, 0.5) is 11.4 Å². The summed E-state index contributed by atoms with van der Waals surface area (Å²) in [7, 11) is -26.4. The van der Waals surface area contributed by atoms with Crippen molar-refractivity contribution in [2.24, 2.45) is 5.41 Å². The molecule has 8 N–H and O–H groups in total. The topological polar surface area (TPSA) is 400 Å². The van der Waals surface area contributed by atoms with Crippen LogP contribution in [0.3, 0.4) is 0 Å². The maximum atomic E-state index is 13.4. The molecule has 1 fully saturated rings. The smallest absolute Gasteiger partial charge is 0.490 e. The van der Waals surface area contributed by atoms with Gasteiger partial charge in [-0.2, -0.15) is 21.6 Å². The lowest BCUT2D eigenvalue weighted by Gasteiger charge is -2.43. The number of nitrogens with one attached hydrogen (secondary N) is 2. The third-order valence-electron chi connectivity index (χ3n) is 14.6. The Balaban J connectivity index is 1.08. The fourth-order valence-electron chi connectivity index (χ4n) is 10.7. The normalized spacial score (nSPS) is 22.6. The van der Waals surface area contributed by atoms with Gasteiger partial charge < -0.3 is 48.9 Å². The van der Waals surface area contributed by atoms with Crippen molar-refractivity contribution < 1.29 is 96.3 Å². The highest BCUT2D eigenvalue weighted by atomic mass is 32.2. The molecule has 86 heavy (non-hydrogen) atoms. The number of phosphoric acid groups is 3. The van der Waals surface area contributed by atoms with Crippen molar-refractivity contribution in [3.8, 4) is 5.75 Å². The number of aromatic amines is 1. The summed E-state index contributed by atoms with van der Waals surface area (Å²) in [6, 6.07) is 8.28. The van der Waals surface area contributed by atoms with Crippen LogP contribution in [0.15, 0.2) is 105 Å². The summed E-state index contributed by atoms with van der Waals surface area (Å²) >= 11 is 0. The van der Waals surface area contributed by atoms with E-state index >= 15 is 0 Å². The summed E-state index contributed by atoms with van der Waals surface area (Å²) < 4.78 is 132. The van der Waals surface area contributed by atoms with Gasteiger partial charge in [0.25, 0.3) is 15.7 Å². The Morgan fingerprint density at radius 3 is 2.34 bits per heavy atom. The molecular weight excluding hydrogens is 1230 g/mol. The number of hydrogen-bond acceptors (Lipinski definition) is 18. The standard InChI is InChI=1S/C54H70N5O22P3S2/c1-9-59-42-29-44-39(28-38(42)34(2)31-53(59,6)7)35(26-47(78-44)52(3,4)5)16-11-10-12-18-46-54(8,40-27-37(86(74,75)76)20-21-41(40)57(46)24-15-25-85(71,72)73)22-13-19-48(61)55-23-14-17-36-32-58(51(63)56-50(36)62)49-30-43(60)45(79-49)33-77-83(67,68)81-84(69,70)80-82(64,65)66/h10-12,14,16-18,20-21,26-29,31-32,43,45,49,60H,9,13,15,19,22-25,30,33H2,1-8H3,(H7-,55,56,61,62,63,64,65,66,67,68,69,70,71,72,73,74,75,76)/b17-14+/t43-,45+,49+,54?/m0/s1. The number of allylic oxidation sites excluding steroid dienone is 9. The molecule has 3 aromatic rings. The molecule has 6 atom stereocenters. The van der Waals surface area contributed by atoms with Crippen molar-refractivity contribution >= 4 is 83.9 Å². The second-order valence-corrected chi connectivity index (χ2v) is 30.0.